The number of hydrogen-bond donors (Lipinski definition) is 0. The van der Waals surface area contributed by atoms with E-state index in [1.54, 1.807) is 6.08 Å². The first-order chi connectivity index (χ1) is 26.0. The Morgan fingerprint density at radius 2 is 1.28 bits per heavy atom. The molecule has 0 radical (unpaired) electrons. The summed E-state index contributed by atoms with van der Waals surface area (Å²) in [7, 11) is 0. The van der Waals surface area contributed by atoms with Crippen molar-refractivity contribution in [2.45, 2.75) is 93.5 Å². The lowest BCUT2D eigenvalue weighted by molar-refractivity contribution is 0.646. The Balaban J connectivity index is 0.000000727. The fraction of sp³-hybridized carbons (Fsp3) is 0.275. The highest BCUT2D eigenvalue weighted by molar-refractivity contribution is 5.97. The van der Waals surface area contributed by atoms with E-state index < -0.39 is 0 Å². The van der Waals surface area contributed by atoms with Gasteiger partial charge in [-0.1, -0.05) is 133 Å². The molecule has 0 saturated heterocycles. The molecule has 53 heavy (non-hydrogen) atoms. The molecule has 2 aliphatic carbocycles. The largest absolute Gasteiger partial charge is 0.337 e. The third-order valence-corrected chi connectivity index (χ3v) is 9.76. The Kier molecular flexibility index (Phi) is 13.6. The van der Waals surface area contributed by atoms with Crippen LogP contribution in [-0.4, -0.2) is 9.13 Å². The van der Waals surface area contributed by atoms with Crippen molar-refractivity contribution in [3.05, 3.63) is 156 Å². The molecule has 2 heterocycles. The average Bonchev–Trinajstić information content (AvgIpc) is 3.72. The first-order valence-corrected chi connectivity index (χ1v) is 19.9. The summed E-state index contributed by atoms with van der Waals surface area (Å²) >= 11 is 0. The molecule has 0 aliphatic heterocycles. The molecule has 0 amide bonds. The Hall–Kier alpha value is -5.30. The molecule has 2 nitrogen and oxygen atoms in total. The van der Waals surface area contributed by atoms with Crippen LogP contribution >= 0.6 is 0 Å². The molecule has 2 aromatic heterocycles. The van der Waals surface area contributed by atoms with Gasteiger partial charge in [0.1, 0.15) is 0 Å². The van der Waals surface area contributed by atoms with Gasteiger partial charge >= 0.3 is 0 Å². The SMILES string of the molecule is C=CC=C=CC(C)n1c2c(c3cc(-c4ccc(-c5ccc6c(c5)c5c(n6-c6ccccc6)CCC=C5)c(C)c4)ccc31)C=CCC2.CC.CC.CCC. The quantitative estimate of drug-likeness (QED) is 0.121. The van der Waals surface area contributed by atoms with Gasteiger partial charge in [0.15, 0.2) is 0 Å². The summed E-state index contributed by atoms with van der Waals surface area (Å²) in [6, 6.07) is 32.0. The van der Waals surface area contributed by atoms with Crippen molar-refractivity contribution in [3.8, 4) is 27.9 Å². The zero-order valence-electron chi connectivity index (χ0n) is 33.3. The van der Waals surface area contributed by atoms with E-state index in [4.69, 9.17) is 0 Å². The van der Waals surface area contributed by atoms with E-state index in [9.17, 15) is 0 Å². The van der Waals surface area contributed by atoms with Crippen LogP contribution in [0.5, 0.6) is 0 Å². The van der Waals surface area contributed by atoms with Gasteiger partial charge in [-0.3, -0.25) is 0 Å². The number of nitrogens with zero attached hydrogens (tertiary/aromatic N) is 2. The summed E-state index contributed by atoms with van der Waals surface area (Å²) in [5, 5.41) is 2.65. The Morgan fingerprint density at radius 1 is 0.717 bits per heavy atom. The monoisotopic (exact) mass is 698 g/mol. The molecule has 8 rings (SSSR count). The third-order valence-electron chi connectivity index (χ3n) is 9.76. The normalized spacial score (nSPS) is 12.8. The number of fused-ring (bicyclic) bond motifs is 6. The van der Waals surface area contributed by atoms with E-state index in [0.717, 1.165) is 25.7 Å². The second-order valence-corrected chi connectivity index (χ2v) is 13.3. The summed E-state index contributed by atoms with van der Waals surface area (Å²) in [4.78, 5) is 0. The van der Waals surface area contributed by atoms with Crippen molar-refractivity contribution >= 4 is 34.0 Å². The van der Waals surface area contributed by atoms with Crippen molar-refractivity contribution in [1.82, 2.24) is 9.13 Å². The molecule has 4 aromatic carbocycles. The van der Waals surface area contributed by atoms with Crippen molar-refractivity contribution in [2.75, 3.05) is 0 Å². The first-order valence-electron chi connectivity index (χ1n) is 19.9. The highest BCUT2D eigenvalue weighted by Crippen LogP contribution is 2.39. The van der Waals surface area contributed by atoms with Crippen LogP contribution in [0.15, 0.2) is 128 Å². The maximum absolute atomic E-state index is 3.79. The number of aryl methyl sites for hydroxylation is 1. The van der Waals surface area contributed by atoms with Gasteiger partial charge in [-0.2, -0.15) is 0 Å². The molecule has 2 aliphatic rings. The zero-order chi connectivity index (χ0) is 37.9. The maximum Gasteiger partial charge on any atom is 0.0565 e. The average molecular weight is 699 g/mol. The molecule has 0 spiro atoms. The highest BCUT2D eigenvalue weighted by Gasteiger charge is 2.21. The molecule has 0 bridgehead atoms. The summed E-state index contributed by atoms with van der Waals surface area (Å²) < 4.78 is 4.95. The fourth-order valence-corrected chi connectivity index (χ4v) is 7.67. The van der Waals surface area contributed by atoms with E-state index in [1.807, 2.05) is 33.8 Å². The van der Waals surface area contributed by atoms with Crippen LogP contribution in [-0.2, 0) is 12.8 Å². The minimum atomic E-state index is 0.212. The number of allylic oxidation sites excluding steroid dienone is 4. The Labute approximate surface area is 319 Å². The minimum absolute atomic E-state index is 0.212. The van der Waals surface area contributed by atoms with Gasteiger partial charge in [0, 0.05) is 44.5 Å². The molecule has 272 valence electrons. The Bertz CT molecular complexity index is 2290. The second kappa shape index (κ2) is 18.5. The maximum atomic E-state index is 3.79. The van der Waals surface area contributed by atoms with Gasteiger partial charge in [-0.25, -0.2) is 0 Å². The summed E-state index contributed by atoms with van der Waals surface area (Å²) in [5.41, 5.74) is 19.0. The molecular formula is C51H58N2. The molecule has 1 atom stereocenters. The summed E-state index contributed by atoms with van der Waals surface area (Å²) in [6.07, 6.45) is 20.6. The molecule has 6 aromatic rings. The van der Waals surface area contributed by atoms with E-state index in [2.05, 4.69) is 164 Å². The number of hydrogen-bond acceptors (Lipinski definition) is 0. The number of para-hydroxylation sites is 1. The van der Waals surface area contributed by atoms with Gasteiger partial charge in [0.05, 0.1) is 11.6 Å². The van der Waals surface area contributed by atoms with Crippen LogP contribution in [0.25, 0.3) is 61.9 Å². The van der Waals surface area contributed by atoms with E-state index >= 15 is 0 Å². The van der Waals surface area contributed by atoms with Crippen molar-refractivity contribution < 1.29 is 0 Å². The van der Waals surface area contributed by atoms with Gasteiger partial charge in [0.25, 0.3) is 0 Å². The molecule has 0 N–H and O–H groups in total. The third kappa shape index (κ3) is 7.90. The summed E-state index contributed by atoms with van der Waals surface area (Å²) in [5.74, 6) is 0. The fourth-order valence-electron chi connectivity index (χ4n) is 7.67. The highest BCUT2D eigenvalue weighted by atomic mass is 15.0. The smallest absolute Gasteiger partial charge is 0.0565 e. The first kappa shape index (κ1) is 38.9. The molecule has 1 unspecified atom stereocenters. The number of rotatable bonds is 6. The lowest BCUT2D eigenvalue weighted by Gasteiger charge is -2.17. The number of aromatic nitrogens is 2. The molecule has 2 heteroatoms. The van der Waals surface area contributed by atoms with Crippen molar-refractivity contribution in [3.63, 3.8) is 0 Å². The van der Waals surface area contributed by atoms with Crippen LogP contribution in [0, 0.1) is 6.92 Å². The van der Waals surface area contributed by atoms with Gasteiger partial charge in [-0.15, -0.1) is 5.73 Å². The molecule has 0 saturated carbocycles. The van der Waals surface area contributed by atoms with Crippen LogP contribution in [0.2, 0.25) is 0 Å². The molecular weight excluding hydrogens is 641 g/mol. The Morgan fingerprint density at radius 3 is 1.96 bits per heavy atom. The lowest BCUT2D eigenvalue weighted by atomic mass is 9.93. The zero-order valence-corrected chi connectivity index (χ0v) is 33.3. The van der Waals surface area contributed by atoms with Crippen LogP contribution in [0.4, 0.5) is 0 Å². The van der Waals surface area contributed by atoms with Crippen molar-refractivity contribution in [1.29, 1.82) is 0 Å². The van der Waals surface area contributed by atoms with Crippen molar-refractivity contribution in [2.24, 2.45) is 0 Å². The van der Waals surface area contributed by atoms with E-state index in [0.29, 0.717) is 0 Å². The summed E-state index contributed by atoms with van der Waals surface area (Å²) in [6.45, 7) is 20.5. The van der Waals surface area contributed by atoms with Gasteiger partial charge < -0.3 is 9.13 Å². The predicted octanol–water partition coefficient (Wildman–Crippen LogP) is 15.1. The predicted molar refractivity (Wildman–Crippen MR) is 235 cm³/mol. The van der Waals surface area contributed by atoms with Crippen LogP contribution < -0.4 is 0 Å². The molecule has 0 fully saturated rings. The number of benzene rings is 4. The van der Waals surface area contributed by atoms with E-state index in [1.165, 1.54) is 84.2 Å². The lowest BCUT2D eigenvalue weighted by Crippen LogP contribution is -2.08. The van der Waals surface area contributed by atoms with Crippen LogP contribution in [0.1, 0.15) is 102 Å². The minimum Gasteiger partial charge on any atom is -0.337 e. The second-order valence-electron chi connectivity index (χ2n) is 13.3. The topological polar surface area (TPSA) is 9.86 Å². The van der Waals surface area contributed by atoms with E-state index in [-0.39, 0.29) is 6.04 Å². The van der Waals surface area contributed by atoms with Crippen LogP contribution in [0.3, 0.4) is 0 Å². The standard InChI is InChI=1S/C44H38N2.C3H8.2C2H6/c1-4-5-7-14-31(3)45-41-19-12-10-17-37(41)39-28-33(22-25-43(39)45)32-21-24-36(30(2)27-32)34-23-26-44-40(29-34)38-18-11-13-20-42(38)46(44)35-15-8-6-9-16-35;1-3-2;2*1-2/h4-6,8-11,14-18,21-29,31H,1,12-13,19-20H2,2-3H3;3H2,1-2H3;2*1-2H3. The van der Waals surface area contributed by atoms with Gasteiger partial charge in [-0.05, 0) is 116 Å². The van der Waals surface area contributed by atoms with Gasteiger partial charge in [0.2, 0.25) is 0 Å².